The third-order valence-corrected chi connectivity index (χ3v) is 4.77. The van der Waals surface area contributed by atoms with Crippen molar-refractivity contribution in [1.29, 1.82) is 0 Å². The lowest BCUT2D eigenvalue weighted by atomic mass is 9.99. The van der Waals surface area contributed by atoms with Gasteiger partial charge in [0.15, 0.2) is 0 Å². The summed E-state index contributed by atoms with van der Waals surface area (Å²) in [5.41, 5.74) is 2.92. The average Bonchev–Trinajstić information content (AvgIpc) is 3.02. The topological polar surface area (TPSA) is 87.7 Å². The smallest absolute Gasteiger partial charge is 0.269 e. The van der Waals surface area contributed by atoms with Gasteiger partial charge >= 0.3 is 0 Å². The van der Waals surface area contributed by atoms with Crippen molar-refractivity contribution in [3.63, 3.8) is 0 Å². The first kappa shape index (κ1) is 17.3. The van der Waals surface area contributed by atoms with E-state index < -0.39 is 0 Å². The first-order valence-corrected chi connectivity index (χ1v) is 9.06. The molecule has 0 unspecified atom stereocenters. The van der Waals surface area contributed by atoms with Crippen LogP contribution in [0.15, 0.2) is 29.1 Å². The van der Waals surface area contributed by atoms with E-state index in [4.69, 9.17) is 0 Å². The van der Waals surface area contributed by atoms with E-state index in [1.807, 2.05) is 19.1 Å². The molecular weight excluding hydrogens is 336 g/mol. The number of aryl methyl sites for hydroxylation is 1. The molecule has 0 aliphatic carbocycles. The zero-order chi connectivity index (χ0) is 18.0. The number of carbonyl (C=O) groups is 1. The highest BCUT2D eigenvalue weighted by Crippen LogP contribution is 2.25. The highest BCUT2D eigenvalue weighted by Gasteiger charge is 2.16. The summed E-state index contributed by atoms with van der Waals surface area (Å²) < 4.78 is 3.88. The fraction of sp³-hybridized carbons (Fsp3) is 0.333. The van der Waals surface area contributed by atoms with Gasteiger partial charge in [0.2, 0.25) is 5.56 Å². The van der Waals surface area contributed by atoms with Crippen LogP contribution in [-0.2, 0) is 6.42 Å². The summed E-state index contributed by atoms with van der Waals surface area (Å²) in [6.07, 6.45) is 1.63. The van der Waals surface area contributed by atoms with E-state index in [9.17, 15) is 9.59 Å². The molecule has 0 atom stereocenters. The Labute approximate surface area is 149 Å². The Kier molecular flexibility index (Phi) is 4.94. The lowest BCUT2D eigenvalue weighted by Crippen LogP contribution is -2.13. The summed E-state index contributed by atoms with van der Waals surface area (Å²) in [6, 6.07) is 7.19. The molecule has 0 spiro atoms. The van der Waals surface area contributed by atoms with Crippen LogP contribution in [0.25, 0.3) is 10.9 Å². The van der Waals surface area contributed by atoms with Gasteiger partial charge in [0, 0.05) is 17.1 Å². The van der Waals surface area contributed by atoms with Gasteiger partial charge in [0.25, 0.3) is 5.91 Å². The Morgan fingerprint density at radius 3 is 2.84 bits per heavy atom. The number of hydrogen-bond donors (Lipinski definition) is 2. The van der Waals surface area contributed by atoms with Crippen LogP contribution in [0, 0.1) is 0 Å². The highest BCUT2D eigenvalue weighted by molar-refractivity contribution is 7.08. The number of rotatable bonds is 5. The quantitative estimate of drug-likeness (QED) is 0.729. The number of anilines is 1. The molecular formula is C18H20N4O2S. The van der Waals surface area contributed by atoms with Gasteiger partial charge < -0.3 is 10.3 Å². The summed E-state index contributed by atoms with van der Waals surface area (Å²) >= 11 is 1.10. The lowest BCUT2D eigenvalue weighted by Gasteiger charge is -2.11. The average molecular weight is 356 g/mol. The van der Waals surface area contributed by atoms with Gasteiger partial charge in [0.05, 0.1) is 11.2 Å². The summed E-state index contributed by atoms with van der Waals surface area (Å²) in [4.78, 5) is 27.8. The Bertz CT molecular complexity index is 975. The molecule has 2 N–H and O–H groups in total. The fourth-order valence-corrected chi connectivity index (χ4v) is 3.42. The van der Waals surface area contributed by atoms with Crippen molar-refractivity contribution in [3.05, 3.63) is 50.8 Å². The number of nitrogens with zero attached hydrogens (tertiary/aromatic N) is 2. The Balaban J connectivity index is 1.93. The number of benzene rings is 1. The van der Waals surface area contributed by atoms with Gasteiger partial charge in [0.1, 0.15) is 4.88 Å². The SMILES string of the molecule is CCCc1nnsc1C(=O)Nc1ccc2c(C(C)C)cc(=O)[nH]c2c1. The minimum atomic E-state index is -0.222. The van der Waals surface area contributed by atoms with E-state index in [0.29, 0.717) is 16.1 Å². The zero-order valence-corrected chi connectivity index (χ0v) is 15.2. The number of carbonyl (C=O) groups excluding carboxylic acids is 1. The van der Waals surface area contributed by atoms with Crippen molar-refractivity contribution < 1.29 is 4.79 Å². The molecule has 0 saturated carbocycles. The van der Waals surface area contributed by atoms with Crippen molar-refractivity contribution in [2.75, 3.05) is 5.32 Å². The predicted molar refractivity (Wildman–Crippen MR) is 101 cm³/mol. The molecule has 7 heteroatoms. The van der Waals surface area contributed by atoms with E-state index in [2.05, 4.69) is 33.7 Å². The number of amides is 1. The second-order valence-electron chi connectivity index (χ2n) is 6.26. The maximum Gasteiger partial charge on any atom is 0.269 e. The molecule has 2 aromatic heterocycles. The minimum Gasteiger partial charge on any atom is -0.322 e. The van der Waals surface area contributed by atoms with Gasteiger partial charge in [-0.15, -0.1) is 5.10 Å². The molecule has 0 bridgehead atoms. The molecule has 0 aliphatic heterocycles. The van der Waals surface area contributed by atoms with Crippen molar-refractivity contribution in [2.45, 2.75) is 39.5 Å². The summed E-state index contributed by atoms with van der Waals surface area (Å²) in [5.74, 6) is 0.0188. The molecule has 0 saturated heterocycles. The molecule has 1 aromatic carbocycles. The van der Waals surface area contributed by atoms with Gasteiger partial charge in [-0.1, -0.05) is 37.7 Å². The molecule has 1 amide bonds. The summed E-state index contributed by atoms with van der Waals surface area (Å²) in [7, 11) is 0. The maximum absolute atomic E-state index is 12.5. The van der Waals surface area contributed by atoms with Crippen molar-refractivity contribution in [1.82, 2.24) is 14.6 Å². The molecule has 2 heterocycles. The number of pyridine rings is 1. The van der Waals surface area contributed by atoms with Gasteiger partial charge in [-0.05, 0) is 41.6 Å². The monoisotopic (exact) mass is 356 g/mol. The standard InChI is InChI=1S/C18H20N4O2S/c1-4-5-14-17(25-22-21-14)18(24)19-11-6-7-12-13(10(2)3)9-16(23)20-15(12)8-11/h6-10H,4-5H2,1-3H3,(H,19,24)(H,20,23). The van der Waals surface area contributed by atoms with Crippen LogP contribution in [0.3, 0.4) is 0 Å². The normalized spacial score (nSPS) is 11.2. The van der Waals surface area contributed by atoms with E-state index in [0.717, 1.165) is 41.0 Å². The Morgan fingerprint density at radius 2 is 2.12 bits per heavy atom. The molecule has 0 fully saturated rings. The number of hydrogen-bond acceptors (Lipinski definition) is 5. The Morgan fingerprint density at radius 1 is 1.32 bits per heavy atom. The number of aromatic nitrogens is 3. The number of nitrogens with one attached hydrogen (secondary N) is 2. The second-order valence-corrected chi connectivity index (χ2v) is 7.01. The first-order valence-electron chi connectivity index (χ1n) is 8.29. The first-order chi connectivity index (χ1) is 12.0. The summed E-state index contributed by atoms with van der Waals surface area (Å²) in [6.45, 7) is 6.14. The predicted octanol–water partition coefficient (Wildman–Crippen LogP) is 3.71. The maximum atomic E-state index is 12.5. The third-order valence-electron chi connectivity index (χ3n) is 4.00. The van der Waals surface area contributed by atoms with Crippen molar-refractivity contribution in [3.8, 4) is 0 Å². The van der Waals surface area contributed by atoms with E-state index >= 15 is 0 Å². The van der Waals surface area contributed by atoms with Crippen molar-refractivity contribution >= 4 is 34.0 Å². The highest BCUT2D eigenvalue weighted by atomic mass is 32.1. The number of H-pyrrole nitrogens is 1. The molecule has 6 nitrogen and oxygen atoms in total. The molecule has 130 valence electrons. The minimum absolute atomic E-state index is 0.142. The molecule has 0 aliphatic rings. The number of aromatic amines is 1. The van der Waals surface area contributed by atoms with Crippen molar-refractivity contribution in [2.24, 2.45) is 0 Å². The van der Waals surface area contributed by atoms with Gasteiger partial charge in [-0.2, -0.15) is 0 Å². The van der Waals surface area contributed by atoms with Gasteiger partial charge in [-0.3, -0.25) is 9.59 Å². The fourth-order valence-electron chi connectivity index (χ4n) is 2.81. The molecule has 3 rings (SSSR count). The van der Waals surface area contributed by atoms with E-state index in [-0.39, 0.29) is 17.4 Å². The van der Waals surface area contributed by atoms with Crippen LogP contribution in [0.4, 0.5) is 5.69 Å². The van der Waals surface area contributed by atoms with Crippen LogP contribution in [0.1, 0.15) is 54.0 Å². The third kappa shape index (κ3) is 3.61. The van der Waals surface area contributed by atoms with Crippen LogP contribution in [0.2, 0.25) is 0 Å². The summed E-state index contributed by atoms with van der Waals surface area (Å²) in [5, 5.41) is 7.88. The van der Waals surface area contributed by atoms with Crippen LogP contribution < -0.4 is 10.9 Å². The van der Waals surface area contributed by atoms with Crippen LogP contribution in [-0.4, -0.2) is 20.5 Å². The van der Waals surface area contributed by atoms with E-state index in [1.165, 1.54) is 0 Å². The van der Waals surface area contributed by atoms with Crippen LogP contribution in [0.5, 0.6) is 0 Å². The second kappa shape index (κ2) is 7.14. The number of fused-ring (bicyclic) bond motifs is 1. The van der Waals surface area contributed by atoms with Gasteiger partial charge in [-0.25, -0.2) is 0 Å². The molecule has 0 radical (unpaired) electrons. The van der Waals surface area contributed by atoms with Crippen LogP contribution >= 0.6 is 11.5 Å². The van der Waals surface area contributed by atoms with E-state index in [1.54, 1.807) is 12.1 Å². The largest absolute Gasteiger partial charge is 0.322 e. The molecule has 3 aromatic rings. The molecule has 25 heavy (non-hydrogen) atoms. The zero-order valence-electron chi connectivity index (χ0n) is 14.4. The lowest BCUT2D eigenvalue weighted by molar-refractivity contribution is 0.102. The Hall–Kier alpha value is -2.54.